The zero-order valence-electron chi connectivity index (χ0n) is 11.5. The lowest BCUT2D eigenvalue weighted by molar-refractivity contribution is 0.0692. The summed E-state index contributed by atoms with van der Waals surface area (Å²) in [7, 11) is 0. The predicted octanol–water partition coefficient (Wildman–Crippen LogP) is 3.14. The van der Waals surface area contributed by atoms with E-state index in [0.29, 0.717) is 12.5 Å². The molecule has 0 atom stereocenters. The van der Waals surface area contributed by atoms with Crippen molar-refractivity contribution in [3.05, 3.63) is 42.1 Å². The van der Waals surface area contributed by atoms with Crippen molar-refractivity contribution in [1.82, 2.24) is 9.78 Å². The van der Waals surface area contributed by atoms with Crippen LogP contribution in [0.15, 0.2) is 36.5 Å². The summed E-state index contributed by atoms with van der Waals surface area (Å²) < 4.78 is 7.17. The SMILES string of the molecule is CCCCCOc1c(C(=O)O)cnn1-c1ccccc1. The van der Waals surface area contributed by atoms with Gasteiger partial charge in [-0.15, -0.1) is 0 Å². The molecule has 0 saturated carbocycles. The Labute approximate surface area is 117 Å². The van der Waals surface area contributed by atoms with Crippen molar-refractivity contribution in [1.29, 1.82) is 0 Å². The van der Waals surface area contributed by atoms with Crippen LogP contribution < -0.4 is 4.74 Å². The van der Waals surface area contributed by atoms with Crippen LogP contribution in [0.1, 0.15) is 36.5 Å². The van der Waals surface area contributed by atoms with E-state index in [1.54, 1.807) is 0 Å². The molecule has 0 amide bonds. The molecule has 106 valence electrons. The van der Waals surface area contributed by atoms with E-state index in [2.05, 4.69) is 12.0 Å². The highest BCUT2D eigenvalue weighted by Crippen LogP contribution is 2.23. The monoisotopic (exact) mass is 274 g/mol. The van der Waals surface area contributed by atoms with Crippen LogP contribution in [0.5, 0.6) is 5.88 Å². The number of carboxylic acid groups (broad SMARTS) is 1. The molecule has 1 aromatic heterocycles. The Bertz CT molecular complexity index is 564. The first kappa shape index (κ1) is 14.1. The fourth-order valence-corrected chi connectivity index (χ4v) is 1.90. The molecule has 5 heteroatoms. The highest BCUT2D eigenvalue weighted by Gasteiger charge is 2.19. The average molecular weight is 274 g/mol. The van der Waals surface area contributed by atoms with Gasteiger partial charge in [-0.3, -0.25) is 0 Å². The van der Waals surface area contributed by atoms with Crippen LogP contribution in [0, 0.1) is 0 Å². The molecule has 0 radical (unpaired) electrons. The molecule has 20 heavy (non-hydrogen) atoms. The first-order valence-electron chi connectivity index (χ1n) is 6.73. The summed E-state index contributed by atoms with van der Waals surface area (Å²) in [4.78, 5) is 11.2. The van der Waals surface area contributed by atoms with E-state index >= 15 is 0 Å². The van der Waals surface area contributed by atoms with Gasteiger partial charge < -0.3 is 9.84 Å². The number of carbonyl (C=O) groups is 1. The number of nitrogens with zero attached hydrogens (tertiary/aromatic N) is 2. The molecule has 1 N–H and O–H groups in total. The number of para-hydroxylation sites is 1. The van der Waals surface area contributed by atoms with Gasteiger partial charge in [-0.1, -0.05) is 38.0 Å². The summed E-state index contributed by atoms with van der Waals surface area (Å²) in [5, 5.41) is 13.3. The van der Waals surface area contributed by atoms with Crippen LogP contribution in [0.2, 0.25) is 0 Å². The van der Waals surface area contributed by atoms with Gasteiger partial charge >= 0.3 is 5.97 Å². The van der Waals surface area contributed by atoms with Crippen LogP contribution in [0.25, 0.3) is 5.69 Å². The van der Waals surface area contributed by atoms with Crippen molar-refractivity contribution >= 4 is 5.97 Å². The largest absolute Gasteiger partial charge is 0.477 e. The van der Waals surface area contributed by atoms with Crippen LogP contribution in [-0.4, -0.2) is 27.5 Å². The van der Waals surface area contributed by atoms with E-state index in [1.807, 2.05) is 30.3 Å². The maximum absolute atomic E-state index is 11.2. The number of aromatic nitrogens is 2. The second kappa shape index (κ2) is 6.75. The van der Waals surface area contributed by atoms with E-state index in [9.17, 15) is 9.90 Å². The van der Waals surface area contributed by atoms with Crippen molar-refractivity contribution < 1.29 is 14.6 Å². The van der Waals surface area contributed by atoms with Crippen molar-refractivity contribution in [2.24, 2.45) is 0 Å². The summed E-state index contributed by atoms with van der Waals surface area (Å²) in [6.45, 7) is 2.60. The molecule has 0 aliphatic carbocycles. The zero-order valence-corrected chi connectivity index (χ0v) is 11.5. The van der Waals surface area contributed by atoms with E-state index in [4.69, 9.17) is 4.74 Å². The Balaban J connectivity index is 2.26. The van der Waals surface area contributed by atoms with E-state index < -0.39 is 5.97 Å². The van der Waals surface area contributed by atoms with Crippen molar-refractivity contribution in [2.75, 3.05) is 6.61 Å². The Morgan fingerprint density at radius 1 is 1.30 bits per heavy atom. The molecule has 2 rings (SSSR count). The normalized spacial score (nSPS) is 10.4. The van der Waals surface area contributed by atoms with Crippen molar-refractivity contribution in [3.8, 4) is 11.6 Å². The third kappa shape index (κ3) is 3.17. The maximum atomic E-state index is 11.2. The minimum atomic E-state index is -1.03. The van der Waals surface area contributed by atoms with Gasteiger partial charge in [0, 0.05) is 0 Å². The molecule has 5 nitrogen and oxygen atoms in total. The number of unbranched alkanes of at least 4 members (excludes halogenated alkanes) is 2. The third-order valence-electron chi connectivity index (χ3n) is 2.94. The molecule has 0 fully saturated rings. The van der Waals surface area contributed by atoms with Gasteiger partial charge in [-0.2, -0.15) is 5.10 Å². The van der Waals surface area contributed by atoms with Crippen molar-refractivity contribution in [3.63, 3.8) is 0 Å². The Morgan fingerprint density at radius 2 is 2.05 bits per heavy atom. The van der Waals surface area contributed by atoms with Gasteiger partial charge in [0.1, 0.15) is 5.56 Å². The topological polar surface area (TPSA) is 64.3 Å². The number of benzene rings is 1. The quantitative estimate of drug-likeness (QED) is 0.788. The van der Waals surface area contributed by atoms with Crippen LogP contribution in [0.4, 0.5) is 0 Å². The van der Waals surface area contributed by atoms with Gasteiger partial charge in [0.05, 0.1) is 18.5 Å². The predicted molar refractivity (Wildman–Crippen MR) is 75.5 cm³/mol. The standard InChI is InChI=1S/C15H18N2O3/c1-2-3-7-10-20-14-13(15(18)19)11-16-17(14)12-8-5-4-6-9-12/h4-6,8-9,11H,2-3,7,10H2,1H3,(H,18,19). The summed E-state index contributed by atoms with van der Waals surface area (Å²) in [6, 6.07) is 9.36. The number of ether oxygens (including phenoxy) is 1. The molecule has 0 aliphatic heterocycles. The summed E-state index contributed by atoms with van der Waals surface area (Å²) in [5.41, 5.74) is 0.871. The summed E-state index contributed by atoms with van der Waals surface area (Å²) >= 11 is 0. The van der Waals surface area contributed by atoms with Gasteiger partial charge in [-0.05, 0) is 18.6 Å². The number of aromatic carboxylic acids is 1. The smallest absolute Gasteiger partial charge is 0.342 e. The number of rotatable bonds is 7. The molecular formula is C15H18N2O3. The molecule has 1 aromatic carbocycles. The van der Waals surface area contributed by atoms with E-state index in [1.165, 1.54) is 10.9 Å². The molecule has 0 saturated heterocycles. The number of carboxylic acids is 1. The van der Waals surface area contributed by atoms with Crippen LogP contribution in [0.3, 0.4) is 0 Å². The lowest BCUT2D eigenvalue weighted by Crippen LogP contribution is -2.07. The number of hydrogen-bond donors (Lipinski definition) is 1. The molecule has 0 spiro atoms. The van der Waals surface area contributed by atoms with Gasteiger partial charge in [0.2, 0.25) is 5.88 Å². The summed E-state index contributed by atoms with van der Waals surface area (Å²) in [5.74, 6) is -0.738. The van der Waals surface area contributed by atoms with Gasteiger partial charge in [0.25, 0.3) is 0 Å². The number of hydrogen-bond acceptors (Lipinski definition) is 3. The Kier molecular flexibility index (Phi) is 4.76. The lowest BCUT2D eigenvalue weighted by atomic mass is 10.3. The van der Waals surface area contributed by atoms with Crippen LogP contribution >= 0.6 is 0 Å². The molecule has 2 aromatic rings. The Hall–Kier alpha value is -2.30. The average Bonchev–Trinajstić information content (AvgIpc) is 2.88. The highest BCUT2D eigenvalue weighted by atomic mass is 16.5. The maximum Gasteiger partial charge on any atom is 0.342 e. The minimum absolute atomic E-state index is 0.0883. The first-order chi connectivity index (χ1) is 9.74. The zero-order chi connectivity index (χ0) is 14.4. The second-order valence-corrected chi connectivity index (χ2v) is 4.47. The molecule has 0 aliphatic rings. The highest BCUT2D eigenvalue weighted by molar-refractivity contribution is 5.90. The van der Waals surface area contributed by atoms with Crippen LogP contribution in [-0.2, 0) is 0 Å². The minimum Gasteiger partial charge on any atom is -0.477 e. The lowest BCUT2D eigenvalue weighted by Gasteiger charge is -2.10. The van der Waals surface area contributed by atoms with Crippen molar-refractivity contribution in [2.45, 2.75) is 26.2 Å². The molecule has 1 heterocycles. The summed E-state index contributed by atoms with van der Waals surface area (Å²) in [6.07, 6.45) is 4.37. The second-order valence-electron chi connectivity index (χ2n) is 4.47. The fourth-order valence-electron chi connectivity index (χ4n) is 1.90. The molecule has 0 bridgehead atoms. The van der Waals surface area contributed by atoms with Gasteiger partial charge in [0.15, 0.2) is 0 Å². The first-order valence-corrected chi connectivity index (χ1v) is 6.73. The fraction of sp³-hybridized carbons (Fsp3) is 0.333. The van der Waals surface area contributed by atoms with Gasteiger partial charge in [-0.25, -0.2) is 9.48 Å². The van der Waals surface area contributed by atoms with E-state index in [0.717, 1.165) is 24.9 Å². The van der Waals surface area contributed by atoms with E-state index in [-0.39, 0.29) is 5.56 Å². The molecular weight excluding hydrogens is 256 g/mol. The molecule has 0 unspecified atom stereocenters. The Morgan fingerprint density at radius 3 is 2.70 bits per heavy atom. The third-order valence-corrected chi connectivity index (χ3v) is 2.94.